The van der Waals surface area contributed by atoms with Crippen molar-refractivity contribution in [2.24, 2.45) is 0 Å². The van der Waals surface area contributed by atoms with Gasteiger partial charge in [-0.05, 0) is 34.7 Å². The molecule has 1 aliphatic heterocycles. The predicted octanol–water partition coefficient (Wildman–Crippen LogP) is 1.09. The van der Waals surface area contributed by atoms with Crippen molar-refractivity contribution in [2.75, 3.05) is 26.7 Å². The summed E-state index contributed by atoms with van der Waals surface area (Å²) >= 11 is 0. The van der Waals surface area contributed by atoms with Crippen LogP contribution in [0.4, 0.5) is 0 Å². The average Bonchev–Trinajstić information content (AvgIpc) is 2.15. The van der Waals surface area contributed by atoms with Crippen LogP contribution < -0.4 is 5.32 Å². The van der Waals surface area contributed by atoms with Gasteiger partial charge in [0.2, 0.25) is 0 Å². The maximum absolute atomic E-state index is 5.75. The van der Waals surface area contributed by atoms with Crippen LogP contribution in [0.5, 0.6) is 0 Å². The van der Waals surface area contributed by atoms with Crippen LogP contribution in [0, 0.1) is 0 Å². The molecule has 0 amide bonds. The van der Waals surface area contributed by atoms with Gasteiger partial charge in [0.1, 0.15) is 0 Å². The average molecular weight is 200 g/mol. The third-order valence-electron chi connectivity index (χ3n) is 3.16. The summed E-state index contributed by atoms with van der Waals surface area (Å²) in [6.45, 7) is 11.7. The van der Waals surface area contributed by atoms with Crippen LogP contribution in [0.25, 0.3) is 0 Å². The Morgan fingerprint density at radius 3 is 2.50 bits per heavy atom. The van der Waals surface area contributed by atoms with Gasteiger partial charge in [0, 0.05) is 24.7 Å². The first-order valence-electron chi connectivity index (χ1n) is 5.48. The molecule has 2 atom stereocenters. The number of rotatable bonds is 2. The first-order chi connectivity index (χ1) is 6.43. The van der Waals surface area contributed by atoms with Gasteiger partial charge in [-0.2, -0.15) is 0 Å². The van der Waals surface area contributed by atoms with Gasteiger partial charge in [-0.1, -0.05) is 0 Å². The molecule has 0 aromatic heterocycles. The van der Waals surface area contributed by atoms with E-state index in [9.17, 15) is 0 Å². The molecule has 0 radical (unpaired) electrons. The third-order valence-corrected chi connectivity index (χ3v) is 3.16. The monoisotopic (exact) mass is 200 g/mol. The van der Waals surface area contributed by atoms with Crippen LogP contribution in [0.3, 0.4) is 0 Å². The second-order valence-electron chi connectivity index (χ2n) is 5.14. The maximum Gasteiger partial charge on any atom is 0.0852 e. The smallest absolute Gasteiger partial charge is 0.0852 e. The van der Waals surface area contributed by atoms with Crippen molar-refractivity contribution in [1.82, 2.24) is 10.2 Å². The Hall–Kier alpha value is -0.120. The molecule has 1 heterocycles. The summed E-state index contributed by atoms with van der Waals surface area (Å²) in [5, 5.41) is 3.37. The molecular weight excluding hydrogens is 176 g/mol. The first kappa shape index (κ1) is 12.0. The predicted molar refractivity (Wildman–Crippen MR) is 59.6 cm³/mol. The molecular formula is C11H24N2O. The largest absolute Gasteiger partial charge is 0.374 e. The lowest BCUT2D eigenvalue weighted by Gasteiger charge is -2.41. The number of nitrogens with one attached hydrogen (secondary N) is 1. The molecule has 1 saturated heterocycles. The molecule has 84 valence electrons. The van der Waals surface area contributed by atoms with Crippen molar-refractivity contribution in [3.05, 3.63) is 0 Å². The zero-order valence-electron chi connectivity index (χ0n) is 10.1. The van der Waals surface area contributed by atoms with E-state index in [1.807, 2.05) is 0 Å². The van der Waals surface area contributed by atoms with E-state index >= 15 is 0 Å². The highest BCUT2D eigenvalue weighted by Gasteiger charge is 2.29. The lowest BCUT2D eigenvalue weighted by molar-refractivity contribution is -0.0401. The summed E-state index contributed by atoms with van der Waals surface area (Å²) in [5.74, 6) is 0. The molecule has 0 spiro atoms. The zero-order valence-corrected chi connectivity index (χ0v) is 10.1. The van der Waals surface area contributed by atoms with Crippen molar-refractivity contribution >= 4 is 0 Å². The molecule has 3 heteroatoms. The molecule has 2 unspecified atom stereocenters. The van der Waals surface area contributed by atoms with Gasteiger partial charge in [0.05, 0.1) is 12.7 Å². The fraction of sp³-hybridized carbons (Fsp3) is 1.00. The van der Waals surface area contributed by atoms with Crippen molar-refractivity contribution in [3.63, 3.8) is 0 Å². The highest BCUT2D eigenvalue weighted by molar-refractivity contribution is 4.85. The minimum Gasteiger partial charge on any atom is -0.374 e. The maximum atomic E-state index is 5.75. The van der Waals surface area contributed by atoms with Gasteiger partial charge in [0.25, 0.3) is 0 Å². The summed E-state index contributed by atoms with van der Waals surface area (Å²) in [7, 11) is 2.17. The Balaban J connectivity index is 2.50. The second-order valence-corrected chi connectivity index (χ2v) is 5.14. The highest BCUT2D eigenvalue weighted by Crippen LogP contribution is 2.18. The molecule has 3 nitrogen and oxygen atoms in total. The van der Waals surface area contributed by atoms with Crippen LogP contribution in [0.1, 0.15) is 27.7 Å². The molecule has 0 bridgehead atoms. The topological polar surface area (TPSA) is 24.5 Å². The molecule has 1 fully saturated rings. The van der Waals surface area contributed by atoms with E-state index in [0.29, 0.717) is 12.1 Å². The van der Waals surface area contributed by atoms with Gasteiger partial charge in [-0.15, -0.1) is 0 Å². The van der Waals surface area contributed by atoms with E-state index in [2.05, 4.69) is 45.0 Å². The lowest BCUT2D eigenvalue weighted by Crippen LogP contribution is -2.54. The molecule has 14 heavy (non-hydrogen) atoms. The third kappa shape index (κ3) is 2.94. The minimum absolute atomic E-state index is 0.209. The normalized spacial score (nSPS) is 26.6. The van der Waals surface area contributed by atoms with E-state index in [1.165, 1.54) is 0 Å². The number of morpholine rings is 1. The van der Waals surface area contributed by atoms with Crippen molar-refractivity contribution in [1.29, 1.82) is 0 Å². The van der Waals surface area contributed by atoms with Crippen LogP contribution in [-0.2, 0) is 4.74 Å². The zero-order chi connectivity index (χ0) is 10.8. The molecule has 0 aromatic carbocycles. The molecule has 0 aliphatic carbocycles. The van der Waals surface area contributed by atoms with Gasteiger partial charge < -0.3 is 10.1 Å². The van der Waals surface area contributed by atoms with Crippen molar-refractivity contribution in [3.8, 4) is 0 Å². The van der Waals surface area contributed by atoms with E-state index in [4.69, 9.17) is 4.74 Å². The first-order valence-corrected chi connectivity index (χ1v) is 5.48. The number of hydrogen-bond acceptors (Lipinski definition) is 3. The van der Waals surface area contributed by atoms with Gasteiger partial charge in [-0.25, -0.2) is 0 Å². The summed E-state index contributed by atoms with van der Waals surface area (Å²) < 4.78 is 5.75. The Morgan fingerprint density at radius 1 is 1.43 bits per heavy atom. The molecule has 1 N–H and O–H groups in total. The standard InChI is InChI=1S/C11H24N2O/c1-9(13(5)11(2,3)4)10-8-12-6-7-14-10/h9-10,12H,6-8H2,1-5H3. The molecule has 0 aromatic rings. The number of ether oxygens (including phenoxy) is 1. The Labute approximate surface area is 87.8 Å². The number of likely N-dealkylation sites (N-methyl/N-ethyl adjacent to an activating group) is 1. The van der Waals surface area contributed by atoms with E-state index in [-0.39, 0.29) is 5.54 Å². The van der Waals surface area contributed by atoms with Crippen LogP contribution in [-0.4, -0.2) is 49.3 Å². The number of hydrogen-bond donors (Lipinski definition) is 1. The fourth-order valence-electron chi connectivity index (χ4n) is 1.76. The lowest BCUT2D eigenvalue weighted by atomic mass is 10.0. The van der Waals surface area contributed by atoms with Crippen LogP contribution >= 0.6 is 0 Å². The molecule has 1 rings (SSSR count). The Kier molecular flexibility index (Phi) is 3.93. The molecule has 1 aliphatic rings. The minimum atomic E-state index is 0.209. The second kappa shape index (κ2) is 4.60. The van der Waals surface area contributed by atoms with Crippen molar-refractivity contribution in [2.45, 2.75) is 45.4 Å². The summed E-state index contributed by atoms with van der Waals surface area (Å²) in [5.41, 5.74) is 0.209. The van der Waals surface area contributed by atoms with E-state index in [1.54, 1.807) is 0 Å². The summed E-state index contributed by atoms with van der Waals surface area (Å²) in [4.78, 5) is 2.38. The van der Waals surface area contributed by atoms with E-state index in [0.717, 1.165) is 19.7 Å². The van der Waals surface area contributed by atoms with Crippen LogP contribution in [0.15, 0.2) is 0 Å². The van der Waals surface area contributed by atoms with Gasteiger partial charge in [-0.3, -0.25) is 4.90 Å². The number of nitrogens with zero attached hydrogens (tertiary/aromatic N) is 1. The summed E-state index contributed by atoms with van der Waals surface area (Å²) in [6, 6.07) is 0.461. The van der Waals surface area contributed by atoms with E-state index < -0.39 is 0 Å². The van der Waals surface area contributed by atoms with Gasteiger partial charge >= 0.3 is 0 Å². The van der Waals surface area contributed by atoms with Crippen LogP contribution in [0.2, 0.25) is 0 Å². The van der Waals surface area contributed by atoms with Gasteiger partial charge in [0.15, 0.2) is 0 Å². The molecule has 0 saturated carbocycles. The van der Waals surface area contributed by atoms with Crippen molar-refractivity contribution < 1.29 is 4.74 Å². The fourth-order valence-corrected chi connectivity index (χ4v) is 1.76. The quantitative estimate of drug-likeness (QED) is 0.722. The SMILES string of the molecule is CC(C1CNCCO1)N(C)C(C)(C)C. The Morgan fingerprint density at radius 2 is 2.07 bits per heavy atom. The highest BCUT2D eigenvalue weighted by atomic mass is 16.5. The Bertz CT molecular complexity index is 171. The summed E-state index contributed by atoms with van der Waals surface area (Å²) in [6.07, 6.45) is 0.327.